The molecule has 1 N–H and O–H groups in total. The highest BCUT2D eigenvalue weighted by atomic mass is 31.0. The van der Waals surface area contributed by atoms with Crippen LogP contribution >= 0.6 is 9.47 Å². The van der Waals surface area contributed by atoms with E-state index in [4.69, 9.17) is 9.26 Å². The van der Waals surface area contributed by atoms with E-state index in [2.05, 4.69) is 9.47 Å². The lowest BCUT2D eigenvalue weighted by atomic mass is 9.97. The van der Waals surface area contributed by atoms with Crippen LogP contribution in [0.5, 0.6) is 0 Å². The fourth-order valence-corrected chi connectivity index (χ4v) is 0.989. The van der Waals surface area contributed by atoms with Gasteiger partial charge in [-0.15, -0.1) is 0 Å². The van der Waals surface area contributed by atoms with E-state index in [0.29, 0.717) is 19.4 Å². The average molecular weight is 236 g/mol. The van der Waals surface area contributed by atoms with Crippen LogP contribution in [0.15, 0.2) is 0 Å². The Balaban J connectivity index is 3.57. The second-order valence-corrected chi connectivity index (χ2v) is 4.82. The summed E-state index contributed by atoms with van der Waals surface area (Å²) in [4.78, 5) is 11.3. The van der Waals surface area contributed by atoms with Crippen molar-refractivity contribution in [2.24, 2.45) is 5.41 Å². The van der Waals surface area contributed by atoms with Crippen molar-refractivity contribution in [2.75, 3.05) is 13.2 Å². The van der Waals surface area contributed by atoms with Gasteiger partial charge >= 0.3 is 5.97 Å². The molecular weight excluding hydrogens is 215 g/mol. The molecule has 0 fully saturated rings. The normalized spacial score (nSPS) is 13.7. The SMILES string of the molecule is CC(C)(C)C(=O)OCCC(O)CCOP. The first-order valence-corrected chi connectivity index (χ1v) is 5.52. The van der Waals surface area contributed by atoms with Crippen LogP contribution in [0.3, 0.4) is 0 Å². The Morgan fingerprint density at radius 3 is 2.33 bits per heavy atom. The summed E-state index contributed by atoms with van der Waals surface area (Å²) in [6.07, 6.45) is 0.533. The number of aliphatic hydroxyl groups is 1. The molecule has 90 valence electrons. The third-order valence-corrected chi connectivity index (χ3v) is 2.10. The monoisotopic (exact) mass is 236 g/mol. The maximum absolute atomic E-state index is 11.3. The first-order valence-electron chi connectivity index (χ1n) is 5.05. The van der Waals surface area contributed by atoms with Crippen LogP contribution in [-0.2, 0) is 14.1 Å². The number of ether oxygens (including phenoxy) is 1. The summed E-state index contributed by atoms with van der Waals surface area (Å²) in [5.41, 5.74) is -0.478. The molecule has 0 aliphatic heterocycles. The van der Waals surface area contributed by atoms with Crippen molar-refractivity contribution in [2.45, 2.75) is 39.7 Å². The molecule has 0 aromatic heterocycles. The molecule has 0 radical (unpaired) electrons. The van der Waals surface area contributed by atoms with Crippen molar-refractivity contribution in [1.29, 1.82) is 0 Å². The minimum atomic E-state index is -0.478. The predicted octanol–water partition coefficient (Wildman–Crippen LogP) is 1.52. The smallest absolute Gasteiger partial charge is 0.311 e. The van der Waals surface area contributed by atoms with Gasteiger partial charge in [0.05, 0.1) is 24.7 Å². The van der Waals surface area contributed by atoms with Crippen LogP contribution in [0, 0.1) is 5.41 Å². The van der Waals surface area contributed by atoms with Gasteiger partial charge in [0, 0.05) is 15.9 Å². The molecule has 4 nitrogen and oxygen atoms in total. The van der Waals surface area contributed by atoms with Crippen LogP contribution in [0.2, 0.25) is 0 Å². The molecule has 0 saturated heterocycles. The summed E-state index contributed by atoms with van der Waals surface area (Å²) in [7, 11) is 2.13. The second kappa shape index (κ2) is 7.15. The minimum absolute atomic E-state index is 0.239. The van der Waals surface area contributed by atoms with Gasteiger partial charge in [0.15, 0.2) is 0 Å². The Hall–Kier alpha value is -0.180. The average Bonchev–Trinajstić information content (AvgIpc) is 2.13. The third-order valence-electron chi connectivity index (χ3n) is 1.87. The van der Waals surface area contributed by atoms with E-state index >= 15 is 0 Å². The minimum Gasteiger partial charge on any atom is -0.465 e. The van der Waals surface area contributed by atoms with Crippen molar-refractivity contribution >= 4 is 15.4 Å². The zero-order chi connectivity index (χ0) is 11.9. The molecule has 0 amide bonds. The Kier molecular flexibility index (Phi) is 7.07. The molecule has 2 unspecified atom stereocenters. The van der Waals surface area contributed by atoms with E-state index in [1.165, 1.54) is 0 Å². The standard InChI is InChI=1S/C10H21O4P/c1-10(2,3)9(12)13-6-4-8(11)5-7-14-15/h8,11H,4-7,15H2,1-3H3. The Bertz CT molecular complexity index is 188. The molecule has 5 heteroatoms. The summed E-state index contributed by atoms with van der Waals surface area (Å²) >= 11 is 0. The van der Waals surface area contributed by atoms with Gasteiger partial charge in [-0.3, -0.25) is 4.79 Å². The van der Waals surface area contributed by atoms with Gasteiger partial charge in [0.1, 0.15) is 0 Å². The zero-order valence-corrected chi connectivity index (χ0v) is 10.8. The largest absolute Gasteiger partial charge is 0.465 e. The van der Waals surface area contributed by atoms with Crippen LogP contribution in [0.25, 0.3) is 0 Å². The van der Waals surface area contributed by atoms with Gasteiger partial charge in [-0.25, -0.2) is 0 Å². The number of hydrogen-bond acceptors (Lipinski definition) is 4. The number of carbonyl (C=O) groups is 1. The molecule has 0 aliphatic rings. The van der Waals surface area contributed by atoms with Crippen molar-refractivity contribution in [3.8, 4) is 0 Å². The molecule has 15 heavy (non-hydrogen) atoms. The van der Waals surface area contributed by atoms with Crippen LogP contribution in [-0.4, -0.2) is 30.4 Å². The van der Waals surface area contributed by atoms with Gasteiger partial charge in [-0.2, -0.15) is 0 Å². The summed E-state index contributed by atoms with van der Waals surface area (Å²) in [6, 6.07) is 0. The van der Waals surface area contributed by atoms with Gasteiger partial charge in [0.2, 0.25) is 0 Å². The fourth-order valence-electron chi connectivity index (χ4n) is 0.853. The molecule has 0 heterocycles. The molecule has 0 aromatic rings. The number of rotatable bonds is 6. The third kappa shape index (κ3) is 7.71. The lowest BCUT2D eigenvalue weighted by molar-refractivity contribution is -0.153. The highest BCUT2D eigenvalue weighted by Crippen LogP contribution is 2.15. The van der Waals surface area contributed by atoms with Crippen molar-refractivity contribution in [1.82, 2.24) is 0 Å². The lowest BCUT2D eigenvalue weighted by Crippen LogP contribution is -2.24. The summed E-state index contributed by atoms with van der Waals surface area (Å²) in [5, 5.41) is 9.42. The van der Waals surface area contributed by atoms with Gasteiger partial charge < -0.3 is 14.4 Å². The van der Waals surface area contributed by atoms with E-state index in [-0.39, 0.29) is 12.6 Å². The molecule has 0 bridgehead atoms. The molecule has 0 rings (SSSR count). The molecule has 0 spiro atoms. The van der Waals surface area contributed by atoms with Crippen LogP contribution in [0.4, 0.5) is 0 Å². The van der Waals surface area contributed by atoms with Crippen LogP contribution in [0.1, 0.15) is 33.6 Å². The number of esters is 1. The van der Waals surface area contributed by atoms with E-state index in [1.54, 1.807) is 20.8 Å². The highest BCUT2D eigenvalue weighted by molar-refractivity contribution is 7.09. The maximum Gasteiger partial charge on any atom is 0.311 e. The summed E-state index contributed by atoms with van der Waals surface area (Å²) in [5.74, 6) is -0.239. The van der Waals surface area contributed by atoms with Crippen LogP contribution < -0.4 is 0 Å². The predicted molar refractivity (Wildman–Crippen MR) is 61.3 cm³/mol. The Morgan fingerprint density at radius 1 is 1.33 bits per heavy atom. The zero-order valence-electron chi connectivity index (χ0n) is 9.66. The lowest BCUT2D eigenvalue weighted by Gasteiger charge is -2.17. The fraction of sp³-hybridized carbons (Fsp3) is 0.900. The number of carbonyl (C=O) groups excluding carboxylic acids is 1. The van der Waals surface area contributed by atoms with Crippen molar-refractivity contribution < 1.29 is 19.2 Å². The molecular formula is C10H21O4P. The highest BCUT2D eigenvalue weighted by Gasteiger charge is 2.22. The second-order valence-electron chi connectivity index (χ2n) is 4.49. The van der Waals surface area contributed by atoms with E-state index in [1.807, 2.05) is 0 Å². The Morgan fingerprint density at radius 2 is 1.87 bits per heavy atom. The summed E-state index contributed by atoms with van der Waals surface area (Å²) < 4.78 is 9.76. The van der Waals surface area contributed by atoms with Gasteiger partial charge in [-0.1, -0.05) is 0 Å². The van der Waals surface area contributed by atoms with E-state index < -0.39 is 11.5 Å². The molecule has 2 atom stereocenters. The van der Waals surface area contributed by atoms with E-state index in [0.717, 1.165) is 0 Å². The first kappa shape index (κ1) is 14.8. The first-order chi connectivity index (χ1) is 6.88. The topological polar surface area (TPSA) is 55.8 Å². The van der Waals surface area contributed by atoms with E-state index in [9.17, 15) is 9.90 Å². The quantitative estimate of drug-likeness (QED) is 0.561. The van der Waals surface area contributed by atoms with Crippen molar-refractivity contribution in [3.05, 3.63) is 0 Å². The summed E-state index contributed by atoms with van der Waals surface area (Å²) in [6.45, 7) is 6.14. The molecule has 0 aromatic carbocycles. The number of aliphatic hydroxyl groups excluding tert-OH is 1. The maximum atomic E-state index is 11.3. The number of hydrogen-bond donors (Lipinski definition) is 1. The van der Waals surface area contributed by atoms with Crippen molar-refractivity contribution in [3.63, 3.8) is 0 Å². The van der Waals surface area contributed by atoms with Gasteiger partial charge in [-0.05, 0) is 27.2 Å². The molecule has 0 aliphatic carbocycles. The molecule has 0 saturated carbocycles. The Labute approximate surface area is 93.6 Å². The van der Waals surface area contributed by atoms with Gasteiger partial charge in [0.25, 0.3) is 0 Å².